The Labute approximate surface area is 124 Å². The van der Waals surface area contributed by atoms with E-state index in [1.54, 1.807) is 28.6 Å². The Bertz CT molecular complexity index is 488. The third-order valence-corrected chi connectivity index (χ3v) is 4.82. The molecule has 3 nitrogen and oxygen atoms in total. The van der Waals surface area contributed by atoms with Crippen molar-refractivity contribution in [1.82, 2.24) is 15.5 Å². The van der Waals surface area contributed by atoms with E-state index in [0.717, 1.165) is 28.3 Å². The number of nitrogens with zero attached hydrogens (tertiary/aromatic N) is 2. The van der Waals surface area contributed by atoms with Crippen LogP contribution in [0.25, 0.3) is 0 Å². The molecule has 1 aromatic heterocycles. The maximum Gasteiger partial charge on any atom is 0.178 e. The fraction of sp³-hybridized carbons (Fsp3) is 0.333. The molecule has 0 saturated heterocycles. The lowest BCUT2D eigenvalue weighted by Crippen LogP contribution is -2.14. The van der Waals surface area contributed by atoms with E-state index in [9.17, 15) is 0 Å². The largest absolute Gasteiger partial charge is 0.313 e. The quantitative estimate of drug-likeness (QED) is 0.805. The molecular weight excluding hydrogens is 330 g/mol. The van der Waals surface area contributed by atoms with E-state index in [1.807, 2.05) is 0 Å². The van der Waals surface area contributed by atoms with Gasteiger partial charge in [-0.3, -0.25) is 0 Å². The van der Waals surface area contributed by atoms with Gasteiger partial charge in [-0.1, -0.05) is 52.0 Å². The molecule has 0 spiro atoms. The van der Waals surface area contributed by atoms with Crippen LogP contribution in [0.5, 0.6) is 0 Å². The average molecular weight is 344 g/mol. The van der Waals surface area contributed by atoms with Crippen LogP contribution in [0.4, 0.5) is 0 Å². The standard InChI is InChI=1S/C12H14BrN3S2/c1-2-5-14-7-9-3-4-10(6-11(9)13)18-12-16-15-8-17-12/h3-4,6,8,14H,2,5,7H2,1H3. The summed E-state index contributed by atoms with van der Waals surface area (Å²) in [6, 6.07) is 6.41. The van der Waals surface area contributed by atoms with E-state index in [4.69, 9.17) is 0 Å². The Morgan fingerprint density at radius 3 is 3.00 bits per heavy atom. The Morgan fingerprint density at radius 2 is 2.33 bits per heavy atom. The van der Waals surface area contributed by atoms with E-state index in [2.05, 4.69) is 56.6 Å². The summed E-state index contributed by atoms with van der Waals surface area (Å²) in [4.78, 5) is 1.18. The Hall–Kier alpha value is -0.430. The maximum atomic E-state index is 4.03. The fourth-order valence-corrected chi connectivity index (χ4v) is 3.60. The SMILES string of the molecule is CCCNCc1ccc(Sc2nncs2)cc1Br. The number of hydrogen-bond acceptors (Lipinski definition) is 5. The summed E-state index contributed by atoms with van der Waals surface area (Å²) in [6.45, 7) is 4.12. The zero-order valence-electron chi connectivity index (χ0n) is 10.0. The highest BCUT2D eigenvalue weighted by Gasteiger charge is 2.04. The van der Waals surface area contributed by atoms with Gasteiger partial charge in [0, 0.05) is 15.9 Å². The minimum atomic E-state index is 0.901. The highest BCUT2D eigenvalue weighted by Crippen LogP contribution is 2.31. The second-order valence-electron chi connectivity index (χ2n) is 3.74. The van der Waals surface area contributed by atoms with Crippen LogP contribution in [0.15, 0.2) is 37.4 Å². The third-order valence-electron chi connectivity index (χ3n) is 2.31. The molecule has 0 bridgehead atoms. The van der Waals surface area contributed by atoms with Crippen LogP contribution in [0.1, 0.15) is 18.9 Å². The zero-order valence-corrected chi connectivity index (χ0v) is 13.2. The molecule has 0 unspecified atom stereocenters. The van der Waals surface area contributed by atoms with Gasteiger partial charge in [-0.15, -0.1) is 10.2 Å². The molecule has 0 fully saturated rings. The van der Waals surface area contributed by atoms with Crippen LogP contribution >= 0.6 is 39.0 Å². The van der Waals surface area contributed by atoms with Gasteiger partial charge in [0.05, 0.1) is 0 Å². The van der Waals surface area contributed by atoms with E-state index in [0.29, 0.717) is 0 Å². The second kappa shape index (κ2) is 7.23. The van der Waals surface area contributed by atoms with E-state index < -0.39 is 0 Å². The molecule has 1 aromatic carbocycles. The van der Waals surface area contributed by atoms with Crippen molar-refractivity contribution in [3.8, 4) is 0 Å². The predicted molar refractivity (Wildman–Crippen MR) is 80.2 cm³/mol. The van der Waals surface area contributed by atoms with Crippen molar-refractivity contribution in [3.05, 3.63) is 33.7 Å². The smallest absolute Gasteiger partial charge is 0.178 e. The molecule has 6 heteroatoms. The van der Waals surface area contributed by atoms with Gasteiger partial charge < -0.3 is 5.32 Å². The zero-order chi connectivity index (χ0) is 12.8. The highest BCUT2D eigenvalue weighted by atomic mass is 79.9. The van der Waals surface area contributed by atoms with Crippen LogP contribution in [-0.4, -0.2) is 16.7 Å². The van der Waals surface area contributed by atoms with Crippen LogP contribution in [0.2, 0.25) is 0 Å². The topological polar surface area (TPSA) is 37.8 Å². The molecule has 0 amide bonds. The molecule has 0 atom stereocenters. The molecule has 96 valence electrons. The third kappa shape index (κ3) is 4.05. The number of benzene rings is 1. The van der Waals surface area contributed by atoms with Crippen LogP contribution in [0.3, 0.4) is 0 Å². The van der Waals surface area contributed by atoms with Crippen molar-refractivity contribution in [2.24, 2.45) is 0 Å². The Balaban J connectivity index is 2.00. The van der Waals surface area contributed by atoms with Crippen LogP contribution in [0, 0.1) is 0 Å². The lowest BCUT2D eigenvalue weighted by Gasteiger charge is -2.07. The van der Waals surface area contributed by atoms with Gasteiger partial charge in [-0.2, -0.15) is 0 Å². The maximum absolute atomic E-state index is 4.03. The van der Waals surface area contributed by atoms with Gasteiger partial charge in [0.2, 0.25) is 0 Å². The molecule has 1 N–H and O–H groups in total. The van der Waals surface area contributed by atoms with Crippen molar-refractivity contribution in [3.63, 3.8) is 0 Å². The summed E-state index contributed by atoms with van der Waals surface area (Å²) in [5.41, 5.74) is 3.03. The molecular formula is C12H14BrN3S2. The molecule has 2 rings (SSSR count). The number of rotatable bonds is 6. The first-order chi connectivity index (χ1) is 8.79. The summed E-state index contributed by atoms with van der Waals surface area (Å²) in [7, 11) is 0. The molecule has 0 aliphatic heterocycles. The summed E-state index contributed by atoms with van der Waals surface area (Å²) >= 11 is 6.82. The number of aromatic nitrogens is 2. The fourth-order valence-electron chi connectivity index (χ4n) is 1.44. The summed E-state index contributed by atoms with van der Waals surface area (Å²) in [5, 5.41) is 11.3. The molecule has 0 aliphatic rings. The second-order valence-corrected chi connectivity index (χ2v) is 6.74. The van der Waals surface area contributed by atoms with Gasteiger partial charge in [-0.05, 0) is 30.7 Å². The summed E-state index contributed by atoms with van der Waals surface area (Å²) < 4.78 is 2.11. The molecule has 2 aromatic rings. The lowest BCUT2D eigenvalue weighted by molar-refractivity contribution is 0.673. The summed E-state index contributed by atoms with van der Waals surface area (Å²) in [5.74, 6) is 0. The van der Waals surface area contributed by atoms with Crippen LogP contribution < -0.4 is 5.32 Å². The van der Waals surface area contributed by atoms with Gasteiger partial charge in [0.15, 0.2) is 4.34 Å². The van der Waals surface area contributed by atoms with Crippen molar-refractivity contribution in [1.29, 1.82) is 0 Å². The average Bonchev–Trinajstić information content (AvgIpc) is 2.85. The van der Waals surface area contributed by atoms with Gasteiger partial charge in [0.1, 0.15) is 5.51 Å². The predicted octanol–water partition coefficient (Wildman–Crippen LogP) is 3.95. The Kier molecular flexibility index (Phi) is 5.62. The first-order valence-corrected chi connectivity index (χ1v) is 8.21. The van der Waals surface area contributed by atoms with Gasteiger partial charge >= 0.3 is 0 Å². The lowest BCUT2D eigenvalue weighted by atomic mass is 10.2. The Morgan fingerprint density at radius 1 is 1.44 bits per heavy atom. The molecule has 18 heavy (non-hydrogen) atoms. The first-order valence-electron chi connectivity index (χ1n) is 5.72. The first kappa shape index (κ1) is 14.0. The minimum Gasteiger partial charge on any atom is -0.313 e. The van der Waals surface area contributed by atoms with E-state index in [-0.39, 0.29) is 0 Å². The monoisotopic (exact) mass is 343 g/mol. The van der Waals surface area contributed by atoms with Crippen molar-refractivity contribution in [2.45, 2.75) is 29.1 Å². The van der Waals surface area contributed by atoms with E-state index in [1.165, 1.54) is 10.5 Å². The molecule has 0 radical (unpaired) electrons. The van der Waals surface area contributed by atoms with Crippen molar-refractivity contribution in [2.75, 3.05) is 6.54 Å². The normalized spacial score (nSPS) is 10.8. The molecule has 1 heterocycles. The number of hydrogen-bond donors (Lipinski definition) is 1. The summed E-state index contributed by atoms with van der Waals surface area (Å²) in [6.07, 6.45) is 1.16. The number of halogens is 1. The van der Waals surface area contributed by atoms with E-state index >= 15 is 0 Å². The molecule has 0 aliphatic carbocycles. The van der Waals surface area contributed by atoms with Gasteiger partial charge in [0.25, 0.3) is 0 Å². The van der Waals surface area contributed by atoms with Gasteiger partial charge in [-0.25, -0.2) is 0 Å². The highest BCUT2D eigenvalue weighted by molar-refractivity contribution is 9.10. The van der Waals surface area contributed by atoms with Crippen LogP contribution in [-0.2, 0) is 6.54 Å². The van der Waals surface area contributed by atoms with Crippen molar-refractivity contribution < 1.29 is 0 Å². The van der Waals surface area contributed by atoms with Crippen molar-refractivity contribution >= 4 is 39.0 Å². The molecule has 0 saturated carbocycles. The number of nitrogens with one attached hydrogen (secondary N) is 1. The minimum absolute atomic E-state index is 0.901.